The van der Waals surface area contributed by atoms with Gasteiger partial charge in [0.05, 0.1) is 24.5 Å². The van der Waals surface area contributed by atoms with E-state index in [4.69, 9.17) is 14.0 Å². The normalized spacial score (nSPS) is 17.4. The quantitative estimate of drug-likeness (QED) is 0.689. The Morgan fingerprint density at radius 1 is 1.44 bits per heavy atom. The summed E-state index contributed by atoms with van der Waals surface area (Å²) < 4.78 is 17.8. The standard InChI is InChI=1S/C18H27N5O4/c1-4-23-13(2)15(10-19-23)18(24)22-8-5-6-14(11-22)26-9-7-16-20-17(12-25-3)27-21-16/h10,14H,4-9,11-12H2,1-3H3. The molecule has 27 heavy (non-hydrogen) atoms. The van der Waals surface area contributed by atoms with Crippen molar-refractivity contribution in [1.82, 2.24) is 24.8 Å². The minimum absolute atomic E-state index is 0.0228. The molecule has 0 bridgehead atoms. The number of hydrogen-bond acceptors (Lipinski definition) is 7. The lowest BCUT2D eigenvalue weighted by Crippen LogP contribution is -2.43. The number of nitrogens with zero attached hydrogens (tertiary/aromatic N) is 5. The Morgan fingerprint density at radius 2 is 2.30 bits per heavy atom. The Hall–Kier alpha value is -2.26. The minimum atomic E-state index is 0.0228. The summed E-state index contributed by atoms with van der Waals surface area (Å²) in [5, 5.41) is 8.17. The van der Waals surface area contributed by atoms with E-state index in [1.807, 2.05) is 23.4 Å². The highest BCUT2D eigenvalue weighted by atomic mass is 16.5. The smallest absolute Gasteiger partial charge is 0.257 e. The average Bonchev–Trinajstić information content (AvgIpc) is 3.28. The zero-order valence-electron chi connectivity index (χ0n) is 16.2. The summed E-state index contributed by atoms with van der Waals surface area (Å²) in [5.74, 6) is 1.10. The largest absolute Gasteiger partial charge is 0.376 e. The molecule has 3 rings (SSSR count). The molecule has 9 nitrogen and oxygen atoms in total. The van der Waals surface area contributed by atoms with Crippen molar-refractivity contribution in [2.45, 2.75) is 52.4 Å². The zero-order chi connectivity index (χ0) is 19.2. The summed E-state index contributed by atoms with van der Waals surface area (Å²) in [6.45, 7) is 6.85. The summed E-state index contributed by atoms with van der Waals surface area (Å²) in [4.78, 5) is 18.9. The van der Waals surface area contributed by atoms with Gasteiger partial charge in [0.15, 0.2) is 5.82 Å². The number of hydrogen-bond donors (Lipinski definition) is 0. The van der Waals surface area contributed by atoms with Crippen molar-refractivity contribution in [2.24, 2.45) is 0 Å². The highest BCUT2D eigenvalue weighted by Gasteiger charge is 2.27. The van der Waals surface area contributed by atoms with Crippen LogP contribution >= 0.6 is 0 Å². The predicted octanol–water partition coefficient (Wildman–Crippen LogP) is 1.60. The van der Waals surface area contributed by atoms with E-state index in [0.29, 0.717) is 43.5 Å². The van der Waals surface area contributed by atoms with Gasteiger partial charge in [-0.05, 0) is 26.7 Å². The molecule has 3 heterocycles. The Balaban J connectivity index is 1.49. The molecule has 1 aliphatic heterocycles. The number of rotatable bonds is 8. The van der Waals surface area contributed by atoms with E-state index in [0.717, 1.165) is 31.6 Å². The molecule has 1 atom stereocenters. The van der Waals surface area contributed by atoms with Crippen molar-refractivity contribution in [3.8, 4) is 0 Å². The summed E-state index contributed by atoms with van der Waals surface area (Å²) in [6.07, 6.45) is 4.13. The van der Waals surface area contributed by atoms with E-state index in [1.165, 1.54) is 0 Å². The number of likely N-dealkylation sites (tertiary alicyclic amines) is 1. The Kier molecular flexibility index (Phi) is 6.57. The van der Waals surface area contributed by atoms with Gasteiger partial charge in [-0.15, -0.1) is 0 Å². The molecule has 1 fully saturated rings. The molecule has 2 aromatic heterocycles. The number of carbonyl (C=O) groups is 1. The summed E-state index contributed by atoms with van der Waals surface area (Å²) >= 11 is 0. The number of aromatic nitrogens is 4. The van der Waals surface area contributed by atoms with Gasteiger partial charge >= 0.3 is 0 Å². The van der Waals surface area contributed by atoms with Crippen molar-refractivity contribution in [1.29, 1.82) is 0 Å². The highest BCUT2D eigenvalue weighted by molar-refractivity contribution is 5.95. The van der Waals surface area contributed by atoms with Crippen molar-refractivity contribution in [3.63, 3.8) is 0 Å². The molecule has 0 N–H and O–H groups in total. The van der Waals surface area contributed by atoms with Gasteiger partial charge in [0.2, 0.25) is 0 Å². The SMILES string of the molecule is CCn1ncc(C(=O)N2CCCC(OCCc3noc(COC)n3)C2)c1C. The first-order valence-corrected chi connectivity index (χ1v) is 9.36. The Bertz CT molecular complexity index is 757. The second-order valence-electron chi connectivity index (χ2n) is 6.63. The van der Waals surface area contributed by atoms with E-state index >= 15 is 0 Å². The van der Waals surface area contributed by atoms with Crippen LogP contribution in [0.25, 0.3) is 0 Å². The third-order valence-electron chi connectivity index (χ3n) is 4.76. The topological polar surface area (TPSA) is 95.5 Å². The van der Waals surface area contributed by atoms with Gasteiger partial charge in [-0.1, -0.05) is 5.16 Å². The van der Waals surface area contributed by atoms with E-state index in [2.05, 4.69) is 15.2 Å². The van der Waals surface area contributed by atoms with Crippen LogP contribution in [0.5, 0.6) is 0 Å². The van der Waals surface area contributed by atoms with Crippen molar-refractivity contribution in [3.05, 3.63) is 29.2 Å². The first kappa shape index (κ1) is 19.5. The first-order valence-electron chi connectivity index (χ1n) is 9.36. The Morgan fingerprint density at radius 3 is 3.04 bits per heavy atom. The van der Waals surface area contributed by atoms with Crippen molar-refractivity contribution < 1.29 is 18.8 Å². The molecule has 0 spiro atoms. The second-order valence-corrected chi connectivity index (χ2v) is 6.63. The van der Waals surface area contributed by atoms with Gasteiger partial charge in [0.1, 0.15) is 6.61 Å². The molecular weight excluding hydrogens is 350 g/mol. The van der Waals surface area contributed by atoms with Crippen molar-refractivity contribution >= 4 is 5.91 Å². The summed E-state index contributed by atoms with van der Waals surface area (Å²) in [6, 6.07) is 0. The summed E-state index contributed by atoms with van der Waals surface area (Å²) in [5.41, 5.74) is 1.59. The fourth-order valence-corrected chi connectivity index (χ4v) is 3.29. The molecule has 1 amide bonds. The molecule has 1 aliphatic rings. The second kappa shape index (κ2) is 9.09. The van der Waals surface area contributed by atoms with Crippen LogP contribution in [0, 0.1) is 6.92 Å². The predicted molar refractivity (Wildman–Crippen MR) is 96.2 cm³/mol. The number of aryl methyl sites for hydroxylation is 1. The fourth-order valence-electron chi connectivity index (χ4n) is 3.29. The van der Waals surface area contributed by atoms with Crippen LogP contribution in [0.2, 0.25) is 0 Å². The van der Waals surface area contributed by atoms with Crippen LogP contribution in [0.15, 0.2) is 10.7 Å². The van der Waals surface area contributed by atoms with E-state index in [9.17, 15) is 4.79 Å². The van der Waals surface area contributed by atoms with Gasteiger partial charge in [-0.3, -0.25) is 9.48 Å². The number of carbonyl (C=O) groups excluding carboxylic acids is 1. The van der Waals surface area contributed by atoms with Gasteiger partial charge in [0.25, 0.3) is 11.8 Å². The molecule has 0 aliphatic carbocycles. The lowest BCUT2D eigenvalue weighted by Gasteiger charge is -2.32. The van der Waals surface area contributed by atoms with Crippen molar-refractivity contribution in [2.75, 3.05) is 26.8 Å². The van der Waals surface area contributed by atoms with Crippen LogP contribution in [-0.2, 0) is 29.0 Å². The number of amides is 1. The summed E-state index contributed by atoms with van der Waals surface area (Å²) in [7, 11) is 1.58. The average molecular weight is 377 g/mol. The third kappa shape index (κ3) is 4.72. The van der Waals surface area contributed by atoms with E-state index in [1.54, 1.807) is 13.3 Å². The molecule has 0 radical (unpaired) electrons. The maximum atomic E-state index is 12.8. The fraction of sp³-hybridized carbons (Fsp3) is 0.667. The monoisotopic (exact) mass is 377 g/mol. The molecule has 0 saturated carbocycles. The lowest BCUT2D eigenvalue weighted by atomic mass is 10.1. The molecular formula is C18H27N5O4. The van der Waals surface area contributed by atoms with Crippen LogP contribution in [0.3, 0.4) is 0 Å². The number of piperidine rings is 1. The number of methoxy groups -OCH3 is 1. The first-order chi connectivity index (χ1) is 13.1. The lowest BCUT2D eigenvalue weighted by molar-refractivity contribution is 0.00248. The van der Waals surface area contributed by atoms with Gasteiger partial charge in [-0.2, -0.15) is 10.1 Å². The minimum Gasteiger partial charge on any atom is -0.376 e. The molecule has 1 unspecified atom stereocenters. The van der Waals surface area contributed by atoms with Crippen LogP contribution in [0.1, 0.15) is 47.5 Å². The van der Waals surface area contributed by atoms with Gasteiger partial charge < -0.3 is 18.9 Å². The van der Waals surface area contributed by atoms with E-state index < -0.39 is 0 Å². The van der Waals surface area contributed by atoms with Crippen LogP contribution in [-0.4, -0.2) is 63.6 Å². The third-order valence-corrected chi connectivity index (χ3v) is 4.76. The molecule has 2 aromatic rings. The Labute approximate surface area is 158 Å². The highest BCUT2D eigenvalue weighted by Crippen LogP contribution is 2.18. The maximum absolute atomic E-state index is 12.8. The number of ether oxygens (including phenoxy) is 2. The van der Waals surface area contributed by atoms with E-state index in [-0.39, 0.29) is 12.0 Å². The molecule has 148 valence electrons. The maximum Gasteiger partial charge on any atom is 0.257 e. The molecule has 9 heteroatoms. The zero-order valence-corrected chi connectivity index (χ0v) is 16.2. The van der Waals surface area contributed by atoms with Gasteiger partial charge in [-0.25, -0.2) is 0 Å². The molecule has 1 saturated heterocycles. The van der Waals surface area contributed by atoms with Gasteiger partial charge in [0, 0.05) is 38.9 Å². The molecule has 0 aromatic carbocycles. The van der Waals surface area contributed by atoms with Crippen LogP contribution in [0.4, 0.5) is 0 Å². The van der Waals surface area contributed by atoms with Crippen LogP contribution < -0.4 is 0 Å².